The molecule has 1 aromatic carbocycles. The smallest absolute Gasteiger partial charge is 0.125 e. The van der Waals surface area contributed by atoms with Crippen molar-refractivity contribution in [3.05, 3.63) is 24.0 Å². The van der Waals surface area contributed by atoms with Crippen molar-refractivity contribution in [2.45, 2.75) is 26.3 Å². The molecule has 3 heteroatoms. The van der Waals surface area contributed by atoms with E-state index in [2.05, 4.69) is 31.0 Å². The van der Waals surface area contributed by atoms with Gasteiger partial charge in [-0.2, -0.15) is 0 Å². The first kappa shape index (κ1) is 10.3. The van der Waals surface area contributed by atoms with Crippen molar-refractivity contribution in [1.29, 1.82) is 0 Å². The van der Waals surface area contributed by atoms with Crippen molar-refractivity contribution in [1.82, 2.24) is 0 Å². The number of rotatable bonds is 0. The SMILES string of the molecule is CC(C)(C)N1CCNc2ccc(F)cc21. The molecule has 0 fully saturated rings. The summed E-state index contributed by atoms with van der Waals surface area (Å²) in [5, 5.41) is 3.28. The highest BCUT2D eigenvalue weighted by Crippen LogP contribution is 2.34. The van der Waals surface area contributed by atoms with Crippen LogP contribution in [0.15, 0.2) is 18.2 Å². The molecule has 0 amide bonds. The first-order valence-corrected chi connectivity index (χ1v) is 5.29. The summed E-state index contributed by atoms with van der Waals surface area (Å²) >= 11 is 0. The van der Waals surface area contributed by atoms with E-state index in [1.165, 1.54) is 6.07 Å². The Balaban J connectivity index is 2.45. The maximum Gasteiger partial charge on any atom is 0.125 e. The molecule has 0 radical (unpaired) electrons. The Morgan fingerprint density at radius 1 is 1.33 bits per heavy atom. The summed E-state index contributed by atoms with van der Waals surface area (Å²) in [6, 6.07) is 4.91. The second-order valence-electron chi connectivity index (χ2n) is 4.91. The summed E-state index contributed by atoms with van der Waals surface area (Å²) in [6.07, 6.45) is 0. The molecule has 1 heterocycles. The van der Waals surface area contributed by atoms with Crippen LogP contribution in [-0.4, -0.2) is 18.6 Å². The minimum Gasteiger partial charge on any atom is -0.382 e. The molecule has 1 aromatic rings. The van der Waals surface area contributed by atoms with Gasteiger partial charge in [-0.25, -0.2) is 4.39 Å². The molecule has 2 rings (SSSR count). The highest BCUT2D eigenvalue weighted by atomic mass is 19.1. The topological polar surface area (TPSA) is 15.3 Å². The van der Waals surface area contributed by atoms with Crippen LogP contribution >= 0.6 is 0 Å². The molecule has 0 bridgehead atoms. The van der Waals surface area contributed by atoms with E-state index < -0.39 is 0 Å². The molecular weight excluding hydrogens is 191 g/mol. The van der Waals surface area contributed by atoms with Gasteiger partial charge in [0.2, 0.25) is 0 Å². The van der Waals surface area contributed by atoms with Crippen LogP contribution in [0.2, 0.25) is 0 Å². The number of nitrogens with one attached hydrogen (secondary N) is 1. The summed E-state index contributed by atoms with van der Waals surface area (Å²) in [7, 11) is 0. The quantitative estimate of drug-likeness (QED) is 0.705. The normalized spacial score (nSPS) is 15.9. The van der Waals surface area contributed by atoms with E-state index in [9.17, 15) is 4.39 Å². The number of fused-ring (bicyclic) bond motifs is 1. The zero-order valence-corrected chi connectivity index (χ0v) is 9.47. The zero-order valence-electron chi connectivity index (χ0n) is 9.47. The fourth-order valence-corrected chi connectivity index (χ4v) is 2.00. The number of halogens is 1. The van der Waals surface area contributed by atoms with Crippen LogP contribution in [0.3, 0.4) is 0 Å². The first-order chi connectivity index (χ1) is 6.98. The van der Waals surface area contributed by atoms with Gasteiger partial charge < -0.3 is 10.2 Å². The van der Waals surface area contributed by atoms with Crippen LogP contribution in [0.25, 0.3) is 0 Å². The highest BCUT2D eigenvalue weighted by molar-refractivity contribution is 5.73. The molecule has 1 aliphatic heterocycles. The Labute approximate surface area is 90.1 Å². The second-order valence-corrected chi connectivity index (χ2v) is 4.91. The third-order valence-corrected chi connectivity index (χ3v) is 2.71. The van der Waals surface area contributed by atoms with Gasteiger partial charge in [0.15, 0.2) is 0 Å². The van der Waals surface area contributed by atoms with Crippen molar-refractivity contribution < 1.29 is 4.39 Å². The fourth-order valence-electron chi connectivity index (χ4n) is 2.00. The second kappa shape index (κ2) is 3.40. The Bertz CT molecular complexity index is 368. The molecule has 0 aromatic heterocycles. The van der Waals surface area contributed by atoms with Gasteiger partial charge in [0.05, 0.1) is 11.4 Å². The van der Waals surface area contributed by atoms with E-state index in [1.807, 2.05) is 6.07 Å². The molecule has 0 saturated carbocycles. The lowest BCUT2D eigenvalue weighted by molar-refractivity contribution is 0.503. The van der Waals surface area contributed by atoms with Gasteiger partial charge in [-0.1, -0.05) is 0 Å². The molecular formula is C12H17FN2. The molecule has 0 aliphatic carbocycles. The maximum absolute atomic E-state index is 13.2. The summed E-state index contributed by atoms with van der Waals surface area (Å²) in [6.45, 7) is 8.27. The van der Waals surface area contributed by atoms with Gasteiger partial charge in [0.1, 0.15) is 5.82 Å². The Morgan fingerprint density at radius 2 is 2.07 bits per heavy atom. The summed E-state index contributed by atoms with van der Waals surface area (Å²) in [5.74, 6) is -0.174. The molecule has 0 saturated heterocycles. The van der Waals surface area contributed by atoms with Crippen LogP contribution in [0.5, 0.6) is 0 Å². The Morgan fingerprint density at radius 3 is 2.73 bits per heavy atom. The molecule has 0 spiro atoms. The monoisotopic (exact) mass is 208 g/mol. The van der Waals surface area contributed by atoms with E-state index in [1.54, 1.807) is 6.07 Å². The largest absolute Gasteiger partial charge is 0.382 e. The van der Waals surface area contributed by atoms with Gasteiger partial charge in [-0.3, -0.25) is 0 Å². The molecule has 1 N–H and O–H groups in total. The lowest BCUT2D eigenvalue weighted by Crippen LogP contribution is -2.46. The third-order valence-electron chi connectivity index (χ3n) is 2.71. The van der Waals surface area contributed by atoms with E-state index in [0.717, 1.165) is 24.5 Å². The van der Waals surface area contributed by atoms with Crippen molar-refractivity contribution in [3.63, 3.8) is 0 Å². The molecule has 0 unspecified atom stereocenters. The van der Waals surface area contributed by atoms with Crippen molar-refractivity contribution in [3.8, 4) is 0 Å². The van der Waals surface area contributed by atoms with E-state index in [0.29, 0.717) is 0 Å². The van der Waals surface area contributed by atoms with Crippen LogP contribution in [0.4, 0.5) is 15.8 Å². The summed E-state index contributed by atoms with van der Waals surface area (Å²) in [5.41, 5.74) is 2.02. The molecule has 15 heavy (non-hydrogen) atoms. The minimum absolute atomic E-state index is 0.0324. The van der Waals surface area contributed by atoms with Gasteiger partial charge in [-0.05, 0) is 39.0 Å². The predicted octanol–water partition coefficient (Wildman–Crippen LogP) is 2.86. The Kier molecular flexibility index (Phi) is 2.33. The lowest BCUT2D eigenvalue weighted by Gasteiger charge is -2.41. The number of nitrogens with zero attached hydrogens (tertiary/aromatic N) is 1. The lowest BCUT2D eigenvalue weighted by atomic mass is 10.0. The summed E-state index contributed by atoms with van der Waals surface area (Å²) in [4.78, 5) is 2.24. The average Bonchev–Trinajstić information content (AvgIpc) is 2.15. The molecule has 1 aliphatic rings. The standard InChI is InChI=1S/C12H17FN2/c1-12(2,3)15-7-6-14-10-5-4-9(13)8-11(10)15/h4-5,8,14H,6-7H2,1-3H3. The van der Waals surface area contributed by atoms with E-state index >= 15 is 0 Å². The van der Waals surface area contributed by atoms with Crippen LogP contribution in [0.1, 0.15) is 20.8 Å². The van der Waals surface area contributed by atoms with Gasteiger partial charge in [0.25, 0.3) is 0 Å². The molecule has 2 nitrogen and oxygen atoms in total. The summed E-state index contributed by atoms with van der Waals surface area (Å²) < 4.78 is 13.2. The predicted molar refractivity (Wildman–Crippen MR) is 62.0 cm³/mol. The van der Waals surface area contributed by atoms with Crippen molar-refractivity contribution in [2.24, 2.45) is 0 Å². The number of anilines is 2. The fraction of sp³-hybridized carbons (Fsp3) is 0.500. The van der Waals surface area contributed by atoms with Gasteiger partial charge >= 0.3 is 0 Å². The Hall–Kier alpha value is -1.25. The number of hydrogen-bond acceptors (Lipinski definition) is 2. The highest BCUT2D eigenvalue weighted by Gasteiger charge is 2.26. The minimum atomic E-state index is -0.174. The third kappa shape index (κ3) is 1.91. The van der Waals surface area contributed by atoms with Crippen molar-refractivity contribution >= 4 is 11.4 Å². The first-order valence-electron chi connectivity index (χ1n) is 5.29. The van der Waals surface area contributed by atoms with E-state index in [-0.39, 0.29) is 11.4 Å². The van der Waals surface area contributed by atoms with Crippen molar-refractivity contribution in [2.75, 3.05) is 23.3 Å². The number of hydrogen-bond donors (Lipinski definition) is 1. The number of benzene rings is 1. The zero-order chi connectivity index (χ0) is 11.1. The van der Waals surface area contributed by atoms with Crippen LogP contribution in [-0.2, 0) is 0 Å². The maximum atomic E-state index is 13.2. The molecule has 0 atom stereocenters. The van der Waals surface area contributed by atoms with Crippen LogP contribution in [0, 0.1) is 5.82 Å². The van der Waals surface area contributed by atoms with Gasteiger partial charge in [-0.15, -0.1) is 0 Å². The average molecular weight is 208 g/mol. The van der Waals surface area contributed by atoms with Gasteiger partial charge in [0, 0.05) is 18.6 Å². The van der Waals surface area contributed by atoms with Crippen LogP contribution < -0.4 is 10.2 Å². The van der Waals surface area contributed by atoms with E-state index in [4.69, 9.17) is 0 Å². The molecule has 82 valence electrons.